The van der Waals surface area contributed by atoms with Gasteiger partial charge in [-0.15, -0.1) is 0 Å². The summed E-state index contributed by atoms with van der Waals surface area (Å²) in [6, 6.07) is 0. The molecule has 0 aromatic rings. The number of unbranched alkanes of at least 4 members (excludes halogenated alkanes) is 2. The van der Waals surface area contributed by atoms with Crippen molar-refractivity contribution < 1.29 is 0 Å². The van der Waals surface area contributed by atoms with Crippen LogP contribution in [0.4, 0.5) is 0 Å². The zero-order valence-electron chi connectivity index (χ0n) is 29.1. The summed E-state index contributed by atoms with van der Waals surface area (Å²) in [5.41, 5.74) is 0. The van der Waals surface area contributed by atoms with E-state index >= 15 is 0 Å². The smallest absolute Gasteiger partial charge is 0.0383 e. The molecule has 0 aromatic heterocycles. The van der Waals surface area contributed by atoms with Crippen LogP contribution in [-0.4, -0.2) is 0 Å². The van der Waals surface area contributed by atoms with Crippen LogP contribution in [0.25, 0.3) is 0 Å². The molecule has 0 amide bonds. The summed E-state index contributed by atoms with van der Waals surface area (Å²) >= 11 is 0. The highest BCUT2D eigenvalue weighted by atomic mass is 14.4. The molecule has 38 heavy (non-hydrogen) atoms. The van der Waals surface area contributed by atoms with Crippen molar-refractivity contribution in [2.75, 3.05) is 0 Å². The monoisotopic (exact) mass is 535 g/mol. The fourth-order valence-electron chi connectivity index (χ4n) is 7.56. The van der Waals surface area contributed by atoms with Gasteiger partial charge in [-0.2, -0.15) is 0 Å². The minimum absolute atomic E-state index is 0.884. The lowest BCUT2D eigenvalue weighted by Crippen LogP contribution is -2.18. The quantitative estimate of drug-likeness (QED) is 0.183. The zero-order valence-corrected chi connectivity index (χ0v) is 29.1. The fourth-order valence-corrected chi connectivity index (χ4v) is 7.56. The number of rotatable bonds is 15. The molecule has 0 aliphatic heterocycles. The highest BCUT2D eigenvalue weighted by molar-refractivity contribution is 4.84. The van der Waals surface area contributed by atoms with E-state index in [4.69, 9.17) is 0 Å². The van der Waals surface area contributed by atoms with Crippen molar-refractivity contribution in [1.82, 2.24) is 0 Å². The van der Waals surface area contributed by atoms with Crippen LogP contribution in [0.3, 0.4) is 0 Å². The Labute approximate surface area is 244 Å². The van der Waals surface area contributed by atoms with Crippen LogP contribution in [0.2, 0.25) is 0 Å². The maximum absolute atomic E-state index is 2.55. The Morgan fingerprint density at radius 3 is 1.63 bits per heavy atom. The van der Waals surface area contributed by atoms with Crippen LogP contribution in [0.5, 0.6) is 0 Å². The molecule has 0 bridgehead atoms. The largest absolute Gasteiger partial charge is 0.0683 e. The van der Waals surface area contributed by atoms with Crippen LogP contribution in [0.15, 0.2) is 0 Å². The van der Waals surface area contributed by atoms with Gasteiger partial charge >= 0.3 is 0 Å². The maximum atomic E-state index is 2.55. The van der Waals surface area contributed by atoms with Gasteiger partial charge in [-0.25, -0.2) is 0 Å². The molecule has 0 heterocycles. The first kappa shape index (κ1) is 38.0. The minimum atomic E-state index is 0.884. The van der Waals surface area contributed by atoms with Crippen LogP contribution in [0, 0.1) is 59.2 Å². The molecule has 2 rings (SSSR count). The number of hydrogen-bond acceptors (Lipinski definition) is 0. The average molecular weight is 535 g/mol. The molecule has 0 saturated heterocycles. The second-order valence-electron chi connectivity index (χ2n) is 14.6. The van der Waals surface area contributed by atoms with E-state index in [0.29, 0.717) is 0 Å². The molecular formula is C38H78. The molecule has 2 fully saturated rings. The van der Waals surface area contributed by atoms with Gasteiger partial charge in [0.15, 0.2) is 0 Å². The highest BCUT2D eigenvalue weighted by Gasteiger charge is 2.34. The van der Waals surface area contributed by atoms with Gasteiger partial charge in [-0.3, -0.25) is 0 Å². The summed E-state index contributed by atoms with van der Waals surface area (Å²) in [4.78, 5) is 0. The summed E-state index contributed by atoms with van der Waals surface area (Å²) in [5.74, 6) is 9.52. The van der Waals surface area contributed by atoms with Crippen molar-refractivity contribution in [3.8, 4) is 0 Å². The van der Waals surface area contributed by atoms with E-state index in [0.717, 1.165) is 59.2 Å². The van der Waals surface area contributed by atoms with Crippen LogP contribution < -0.4 is 0 Å². The van der Waals surface area contributed by atoms with Gasteiger partial charge in [0, 0.05) is 0 Å². The predicted octanol–water partition coefficient (Wildman–Crippen LogP) is 13.6. The predicted molar refractivity (Wildman–Crippen MR) is 177 cm³/mol. The third kappa shape index (κ3) is 15.7. The zero-order chi connectivity index (χ0) is 29.1. The second kappa shape index (κ2) is 22.7. The van der Waals surface area contributed by atoms with E-state index in [9.17, 15) is 0 Å². The van der Waals surface area contributed by atoms with E-state index in [2.05, 4.69) is 69.2 Å². The van der Waals surface area contributed by atoms with E-state index in [1.807, 2.05) is 13.8 Å². The summed E-state index contributed by atoms with van der Waals surface area (Å²) < 4.78 is 0. The first-order valence-corrected chi connectivity index (χ1v) is 18.1. The van der Waals surface area contributed by atoms with Crippen molar-refractivity contribution in [3.05, 3.63) is 0 Å². The first-order valence-electron chi connectivity index (χ1n) is 18.1. The average Bonchev–Trinajstić information content (AvgIpc) is 3.28. The van der Waals surface area contributed by atoms with Crippen LogP contribution >= 0.6 is 0 Å². The van der Waals surface area contributed by atoms with E-state index < -0.39 is 0 Å². The molecule has 2 aliphatic carbocycles. The third-order valence-corrected chi connectivity index (χ3v) is 11.0. The van der Waals surface area contributed by atoms with Gasteiger partial charge in [-0.1, -0.05) is 167 Å². The molecule has 0 nitrogen and oxygen atoms in total. The van der Waals surface area contributed by atoms with Gasteiger partial charge in [0.1, 0.15) is 0 Å². The Kier molecular flexibility index (Phi) is 22.7. The minimum Gasteiger partial charge on any atom is -0.0683 e. The molecule has 0 radical (unpaired) electrons. The Bertz CT molecular complexity index is 498. The van der Waals surface area contributed by atoms with Gasteiger partial charge in [-0.05, 0) is 78.4 Å². The third-order valence-electron chi connectivity index (χ3n) is 11.0. The maximum Gasteiger partial charge on any atom is -0.0383 e. The van der Waals surface area contributed by atoms with Gasteiger partial charge in [0.25, 0.3) is 0 Å². The number of hydrogen-bond donors (Lipinski definition) is 0. The molecule has 0 spiro atoms. The Hall–Kier alpha value is 0. The molecule has 7 unspecified atom stereocenters. The van der Waals surface area contributed by atoms with Crippen molar-refractivity contribution in [3.63, 3.8) is 0 Å². The molecule has 2 aliphatic rings. The van der Waals surface area contributed by atoms with Crippen molar-refractivity contribution >= 4 is 0 Å². The van der Waals surface area contributed by atoms with Crippen LogP contribution in [0.1, 0.15) is 186 Å². The second-order valence-corrected chi connectivity index (χ2v) is 14.6. The Morgan fingerprint density at radius 2 is 1.16 bits per heavy atom. The molecule has 0 aromatic carbocycles. The molecule has 7 atom stereocenters. The molecule has 230 valence electrons. The highest BCUT2D eigenvalue weighted by Crippen LogP contribution is 2.44. The SMILES string of the molecule is CC.CC(C)C1CCCCC1.CCCCCC(CCC)C(C)CCC(C)C(C)CC1CC(C(C)C)CC1C. The Balaban J connectivity index is 0.00000103. The normalized spacial score (nSPS) is 25.3. The van der Waals surface area contributed by atoms with Crippen molar-refractivity contribution in [2.45, 2.75) is 186 Å². The van der Waals surface area contributed by atoms with Gasteiger partial charge < -0.3 is 0 Å². The Morgan fingerprint density at radius 1 is 0.579 bits per heavy atom. The van der Waals surface area contributed by atoms with Crippen molar-refractivity contribution in [2.24, 2.45) is 59.2 Å². The van der Waals surface area contributed by atoms with E-state index in [-0.39, 0.29) is 0 Å². The summed E-state index contributed by atoms with van der Waals surface area (Å²) in [6.45, 7) is 28.5. The molecule has 0 heteroatoms. The summed E-state index contributed by atoms with van der Waals surface area (Å²) in [6.07, 6.45) is 23.4. The molecule has 2 saturated carbocycles. The standard InChI is InChI=1S/C27H54.C9H18.C2H6/c1-9-11-12-14-25(13-10-2)22(6)16-15-21(5)23(7)17-27-19-26(20(3)4)18-24(27)8;1-8(2)9-6-4-3-5-7-9;1-2/h20-27H,9-19H2,1-8H3;8-9H,3-7H2,1-2H3;1-2H3. The van der Waals surface area contributed by atoms with Crippen molar-refractivity contribution in [1.29, 1.82) is 0 Å². The van der Waals surface area contributed by atoms with Crippen LogP contribution in [-0.2, 0) is 0 Å². The lowest BCUT2D eigenvalue weighted by atomic mass is 9.77. The molecule has 0 N–H and O–H groups in total. The van der Waals surface area contributed by atoms with Gasteiger partial charge in [0.2, 0.25) is 0 Å². The van der Waals surface area contributed by atoms with E-state index in [1.165, 1.54) is 103 Å². The fraction of sp³-hybridized carbons (Fsp3) is 1.00. The van der Waals surface area contributed by atoms with E-state index in [1.54, 1.807) is 0 Å². The lowest BCUT2D eigenvalue weighted by Gasteiger charge is -2.28. The van der Waals surface area contributed by atoms with Gasteiger partial charge in [0.05, 0.1) is 0 Å². The first-order chi connectivity index (χ1) is 18.1. The molecular weight excluding hydrogens is 456 g/mol. The summed E-state index contributed by atoms with van der Waals surface area (Å²) in [5, 5.41) is 0. The lowest BCUT2D eigenvalue weighted by molar-refractivity contribution is 0.225. The topological polar surface area (TPSA) is 0 Å². The summed E-state index contributed by atoms with van der Waals surface area (Å²) in [7, 11) is 0.